The number of hydrogen-bond donors (Lipinski definition) is 2. The molecule has 0 saturated carbocycles. The van der Waals surface area contributed by atoms with Gasteiger partial charge < -0.3 is 24.8 Å². The van der Waals surface area contributed by atoms with Crippen LogP contribution in [-0.4, -0.2) is 45.2 Å². The third-order valence-electron chi connectivity index (χ3n) is 4.82. The standard InChI is InChI=1S/C24H30N2O6/c1-15-10-16(2)24(17(3)11-15)26-21(27)13-25-22(28)14-32-23(29)9-7-18-6-8-19(30-4)20(12-18)31-5/h6,8,10-12H,7,9,13-14H2,1-5H3,(H,25,28)(H,26,27). The molecule has 0 heterocycles. The largest absolute Gasteiger partial charge is 0.493 e. The van der Waals surface area contributed by atoms with Crippen molar-refractivity contribution in [3.05, 3.63) is 52.6 Å². The molecule has 0 spiro atoms. The SMILES string of the molecule is COc1ccc(CCC(=O)OCC(=O)NCC(=O)Nc2c(C)cc(C)cc2C)cc1OC. The number of rotatable bonds is 10. The smallest absolute Gasteiger partial charge is 0.306 e. The van der Waals surface area contributed by atoms with Crippen molar-refractivity contribution >= 4 is 23.5 Å². The Kier molecular flexibility index (Phi) is 9.07. The van der Waals surface area contributed by atoms with Crippen molar-refractivity contribution < 1.29 is 28.6 Å². The number of aryl methyl sites for hydroxylation is 4. The number of carbonyl (C=O) groups is 3. The van der Waals surface area contributed by atoms with E-state index in [4.69, 9.17) is 14.2 Å². The van der Waals surface area contributed by atoms with Gasteiger partial charge in [-0.15, -0.1) is 0 Å². The van der Waals surface area contributed by atoms with E-state index in [1.807, 2.05) is 39.0 Å². The van der Waals surface area contributed by atoms with E-state index in [0.717, 1.165) is 27.9 Å². The second-order valence-corrected chi connectivity index (χ2v) is 7.45. The Hall–Kier alpha value is -3.55. The first kappa shape index (κ1) is 24.7. The molecule has 32 heavy (non-hydrogen) atoms. The summed E-state index contributed by atoms with van der Waals surface area (Å²) in [6, 6.07) is 9.33. The van der Waals surface area contributed by atoms with Gasteiger partial charge in [0, 0.05) is 12.1 Å². The van der Waals surface area contributed by atoms with Gasteiger partial charge in [0.15, 0.2) is 18.1 Å². The van der Waals surface area contributed by atoms with Crippen LogP contribution in [0.2, 0.25) is 0 Å². The van der Waals surface area contributed by atoms with Gasteiger partial charge in [-0.3, -0.25) is 14.4 Å². The van der Waals surface area contributed by atoms with Gasteiger partial charge in [-0.05, 0) is 56.0 Å². The topological polar surface area (TPSA) is 103 Å². The normalized spacial score (nSPS) is 10.3. The van der Waals surface area contributed by atoms with E-state index in [2.05, 4.69) is 10.6 Å². The molecular formula is C24H30N2O6. The summed E-state index contributed by atoms with van der Waals surface area (Å²) in [6.45, 7) is 5.15. The van der Waals surface area contributed by atoms with Crippen molar-refractivity contribution in [3.8, 4) is 11.5 Å². The van der Waals surface area contributed by atoms with Crippen LogP contribution in [0.25, 0.3) is 0 Å². The van der Waals surface area contributed by atoms with Gasteiger partial charge in [0.1, 0.15) is 0 Å². The lowest BCUT2D eigenvalue weighted by molar-refractivity contribution is -0.148. The summed E-state index contributed by atoms with van der Waals surface area (Å²) in [5.74, 6) is -0.227. The first-order valence-electron chi connectivity index (χ1n) is 10.2. The minimum Gasteiger partial charge on any atom is -0.493 e. The summed E-state index contributed by atoms with van der Waals surface area (Å²) >= 11 is 0. The maximum Gasteiger partial charge on any atom is 0.306 e. The Morgan fingerprint density at radius 1 is 0.875 bits per heavy atom. The van der Waals surface area contributed by atoms with Gasteiger partial charge >= 0.3 is 5.97 Å². The zero-order valence-electron chi connectivity index (χ0n) is 19.2. The summed E-state index contributed by atoms with van der Waals surface area (Å²) in [5, 5.41) is 5.25. The van der Waals surface area contributed by atoms with E-state index in [0.29, 0.717) is 17.9 Å². The number of esters is 1. The molecule has 8 heteroatoms. The van der Waals surface area contributed by atoms with Crippen molar-refractivity contribution in [1.82, 2.24) is 5.32 Å². The lowest BCUT2D eigenvalue weighted by Gasteiger charge is -2.13. The fraction of sp³-hybridized carbons (Fsp3) is 0.375. The van der Waals surface area contributed by atoms with E-state index in [-0.39, 0.29) is 18.9 Å². The van der Waals surface area contributed by atoms with E-state index in [1.54, 1.807) is 19.2 Å². The van der Waals surface area contributed by atoms with Crippen LogP contribution in [0.3, 0.4) is 0 Å². The lowest BCUT2D eigenvalue weighted by Crippen LogP contribution is -2.35. The van der Waals surface area contributed by atoms with Gasteiger partial charge in [-0.1, -0.05) is 23.8 Å². The predicted molar refractivity (Wildman–Crippen MR) is 121 cm³/mol. The molecule has 0 radical (unpaired) electrons. The van der Waals surface area contributed by atoms with Crippen molar-refractivity contribution in [3.63, 3.8) is 0 Å². The van der Waals surface area contributed by atoms with Gasteiger partial charge in [0.25, 0.3) is 5.91 Å². The maximum atomic E-state index is 12.1. The van der Waals surface area contributed by atoms with Crippen LogP contribution in [0.4, 0.5) is 5.69 Å². The highest BCUT2D eigenvalue weighted by Crippen LogP contribution is 2.28. The molecule has 2 N–H and O–H groups in total. The lowest BCUT2D eigenvalue weighted by atomic mass is 10.1. The molecule has 0 aliphatic carbocycles. The molecular weight excluding hydrogens is 412 g/mol. The summed E-state index contributed by atoms with van der Waals surface area (Å²) < 4.78 is 15.4. The van der Waals surface area contributed by atoms with Gasteiger partial charge in [0.05, 0.1) is 20.8 Å². The van der Waals surface area contributed by atoms with E-state index in [9.17, 15) is 14.4 Å². The highest BCUT2D eigenvalue weighted by molar-refractivity contribution is 5.96. The molecule has 0 unspecified atom stereocenters. The van der Waals surface area contributed by atoms with E-state index >= 15 is 0 Å². The molecule has 2 aromatic carbocycles. The van der Waals surface area contributed by atoms with Crippen LogP contribution in [0.5, 0.6) is 11.5 Å². The highest BCUT2D eigenvalue weighted by Gasteiger charge is 2.12. The number of nitrogens with one attached hydrogen (secondary N) is 2. The summed E-state index contributed by atoms with van der Waals surface area (Å²) in [7, 11) is 3.09. The van der Waals surface area contributed by atoms with Crippen LogP contribution < -0.4 is 20.1 Å². The van der Waals surface area contributed by atoms with Crippen LogP contribution in [0.1, 0.15) is 28.7 Å². The first-order chi connectivity index (χ1) is 15.2. The second kappa shape index (κ2) is 11.7. The van der Waals surface area contributed by atoms with Crippen molar-refractivity contribution in [1.29, 1.82) is 0 Å². The Labute approximate surface area is 188 Å². The zero-order chi connectivity index (χ0) is 23.7. The monoisotopic (exact) mass is 442 g/mol. The van der Waals surface area contributed by atoms with Gasteiger partial charge in [-0.25, -0.2) is 0 Å². The third kappa shape index (κ3) is 7.30. The molecule has 8 nitrogen and oxygen atoms in total. The summed E-state index contributed by atoms with van der Waals surface area (Å²) in [6.07, 6.45) is 0.535. The predicted octanol–water partition coefficient (Wildman–Crippen LogP) is 2.86. The van der Waals surface area contributed by atoms with Gasteiger partial charge in [0.2, 0.25) is 5.91 Å². The van der Waals surface area contributed by atoms with Crippen LogP contribution in [0.15, 0.2) is 30.3 Å². The Morgan fingerprint density at radius 3 is 2.16 bits per heavy atom. The second-order valence-electron chi connectivity index (χ2n) is 7.45. The molecule has 2 rings (SSSR count). The average molecular weight is 443 g/mol. The average Bonchev–Trinajstić information content (AvgIpc) is 2.76. The minimum atomic E-state index is -0.544. The number of methoxy groups -OCH3 is 2. The maximum absolute atomic E-state index is 12.1. The van der Waals surface area contributed by atoms with Crippen LogP contribution in [-0.2, 0) is 25.5 Å². The molecule has 2 amide bonds. The van der Waals surface area contributed by atoms with Crippen LogP contribution in [0, 0.1) is 20.8 Å². The van der Waals surface area contributed by atoms with Crippen molar-refractivity contribution in [2.75, 3.05) is 32.7 Å². The molecule has 0 aliphatic rings. The third-order valence-corrected chi connectivity index (χ3v) is 4.82. The van der Waals surface area contributed by atoms with Crippen LogP contribution >= 0.6 is 0 Å². The molecule has 0 saturated heterocycles. The summed E-state index contributed by atoms with van der Waals surface area (Å²) in [4.78, 5) is 36.0. The highest BCUT2D eigenvalue weighted by atomic mass is 16.5. The number of carbonyl (C=O) groups excluding carboxylic acids is 3. The molecule has 0 fully saturated rings. The molecule has 0 aromatic heterocycles. The molecule has 0 aliphatic heterocycles. The van der Waals surface area contributed by atoms with E-state index < -0.39 is 18.5 Å². The quantitative estimate of drug-likeness (QED) is 0.549. The van der Waals surface area contributed by atoms with E-state index in [1.165, 1.54) is 7.11 Å². The number of ether oxygens (including phenoxy) is 3. The summed E-state index contributed by atoms with van der Waals surface area (Å²) in [5.41, 5.74) is 4.62. The molecule has 172 valence electrons. The van der Waals surface area contributed by atoms with Crippen molar-refractivity contribution in [2.24, 2.45) is 0 Å². The molecule has 2 aromatic rings. The first-order valence-corrected chi connectivity index (χ1v) is 10.2. The van der Waals surface area contributed by atoms with Crippen molar-refractivity contribution in [2.45, 2.75) is 33.6 Å². The fourth-order valence-electron chi connectivity index (χ4n) is 3.29. The van der Waals surface area contributed by atoms with Gasteiger partial charge in [-0.2, -0.15) is 0 Å². The Morgan fingerprint density at radius 2 is 1.53 bits per heavy atom. The number of hydrogen-bond acceptors (Lipinski definition) is 6. The number of amides is 2. The Balaban J connectivity index is 1.72. The minimum absolute atomic E-state index is 0.106. The Bertz CT molecular complexity index is 963. The fourth-order valence-corrected chi connectivity index (χ4v) is 3.29. The molecule has 0 atom stereocenters. The molecule has 0 bridgehead atoms. The number of anilines is 1. The number of benzene rings is 2. The zero-order valence-corrected chi connectivity index (χ0v) is 19.2.